The molecule has 0 radical (unpaired) electrons. The van der Waals surface area contributed by atoms with Crippen molar-refractivity contribution in [1.82, 2.24) is 0 Å². The second-order valence-corrected chi connectivity index (χ2v) is 6.62. The van der Waals surface area contributed by atoms with Crippen LogP contribution in [0.5, 0.6) is 23.0 Å². The molecule has 5 atom stereocenters. The second-order valence-electron chi connectivity index (χ2n) is 6.62. The van der Waals surface area contributed by atoms with Crippen molar-refractivity contribution >= 4 is 12.2 Å². The smallest absolute Gasteiger partial charge is 0.229 e. The van der Waals surface area contributed by atoms with Crippen LogP contribution in [-0.4, -0.2) is 73.1 Å². The zero-order valence-electron chi connectivity index (χ0n) is 15.2. The van der Waals surface area contributed by atoms with E-state index in [1.54, 1.807) is 24.3 Å². The van der Waals surface area contributed by atoms with Gasteiger partial charge in [0.2, 0.25) is 6.29 Å². The summed E-state index contributed by atoms with van der Waals surface area (Å²) in [5.74, 6) is -0.720. The largest absolute Gasteiger partial charge is 0.508 e. The number of aliphatic hydroxyl groups is 4. The highest BCUT2D eigenvalue weighted by Gasteiger charge is 2.44. The summed E-state index contributed by atoms with van der Waals surface area (Å²) in [7, 11) is 0. The number of aromatic hydroxyl groups is 3. The number of benzene rings is 2. The molecule has 0 unspecified atom stereocenters. The number of phenolic OH excluding ortho intramolecular Hbond substituents is 3. The van der Waals surface area contributed by atoms with Gasteiger partial charge in [0.25, 0.3) is 0 Å². The van der Waals surface area contributed by atoms with Crippen LogP contribution in [0, 0.1) is 0 Å². The molecule has 0 amide bonds. The lowest BCUT2D eigenvalue weighted by Crippen LogP contribution is -2.60. The SMILES string of the molecule is OC[C@H]1O[C@@H](Oc2cc(/C=C/c3ccc(O)cc3)c(O)cc2O)[C@H](O)[C@@H](O)[C@@H]1O. The van der Waals surface area contributed by atoms with Crippen LogP contribution in [0.15, 0.2) is 36.4 Å². The first-order valence-corrected chi connectivity index (χ1v) is 8.80. The van der Waals surface area contributed by atoms with E-state index in [1.165, 1.54) is 18.2 Å². The molecular weight excluding hydrogens is 384 g/mol. The molecule has 29 heavy (non-hydrogen) atoms. The summed E-state index contributed by atoms with van der Waals surface area (Å²) in [6.45, 7) is -0.618. The van der Waals surface area contributed by atoms with Gasteiger partial charge in [-0.3, -0.25) is 0 Å². The Morgan fingerprint density at radius 3 is 2.21 bits per heavy atom. The molecule has 7 N–H and O–H groups in total. The summed E-state index contributed by atoms with van der Waals surface area (Å²) in [5.41, 5.74) is 1.02. The number of hydrogen-bond donors (Lipinski definition) is 7. The van der Waals surface area contributed by atoms with Crippen LogP contribution < -0.4 is 4.74 Å². The predicted molar refractivity (Wildman–Crippen MR) is 101 cm³/mol. The summed E-state index contributed by atoms with van der Waals surface area (Å²) in [5, 5.41) is 68.4. The van der Waals surface area contributed by atoms with Crippen LogP contribution >= 0.6 is 0 Å². The quantitative estimate of drug-likeness (QED) is 0.343. The highest BCUT2D eigenvalue weighted by molar-refractivity contribution is 5.74. The lowest BCUT2D eigenvalue weighted by Gasteiger charge is -2.39. The molecule has 1 aliphatic heterocycles. The maximum absolute atomic E-state index is 10.1. The van der Waals surface area contributed by atoms with E-state index in [-0.39, 0.29) is 22.8 Å². The van der Waals surface area contributed by atoms with Gasteiger partial charge in [0.15, 0.2) is 11.5 Å². The van der Waals surface area contributed by atoms with E-state index in [0.717, 1.165) is 11.6 Å². The van der Waals surface area contributed by atoms with Crippen molar-refractivity contribution in [3.8, 4) is 23.0 Å². The first-order chi connectivity index (χ1) is 13.8. The van der Waals surface area contributed by atoms with Crippen LogP contribution in [0.25, 0.3) is 12.2 Å². The fraction of sp³-hybridized carbons (Fsp3) is 0.300. The van der Waals surface area contributed by atoms with Crippen LogP contribution in [-0.2, 0) is 4.74 Å². The van der Waals surface area contributed by atoms with Crippen molar-refractivity contribution in [3.05, 3.63) is 47.5 Å². The highest BCUT2D eigenvalue weighted by atomic mass is 16.7. The van der Waals surface area contributed by atoms with E-state index in [4.69, 9.17) is 9.47 Å². The van der Waals surface area contributed by atoms with Gasteiger partial charge < -0.3 is 45.2 Å². The Bertz CT molecular complexity index is 863. The maximum atomic E-state index is 10.1. The molecule has 0 bridgehead atoms. The van der Waals surface area contributed by atoms with E-state index < -0.39 is 43.1 Å². The van der Waals surface area contributed by atoms with Crippen molar-refractivity contribution < 1.29 is 45.2 Å². The van der Waals surface area contributed by atoms with Gasteiger partial charge in [0.05, 0.1) is 6.61 Å². The van der Waals surface area contributed by atoms with Crippen LogP contribution in [0.4, 0.5) is 0 Å². The molecule has 1 heterocycles. The van der Waals surface area contributed by atoms with Gasteiger partial charge in [-0.25, -0.2) is 0 Å². The van der Waals surface area contributed by atoms with Crippen molar-refractivity contribution in [1.29, 1.82) is 0 Å². The molecule has 156 valence electrons. The minimum Gasteiger partial charge on any atom is -0.508 e. The fourth-order valence-electron chi connectivity index (χ4n) is 2.86. The molecule has 0 aromatic heterocycles. The van der Waals surface area contributed by atoms with E-state index in [2.05, 4.69) is 0 Å². The minimum atomic E-state index is -1.64. The van der Waals surface area contributed by atoms with Crippen LogP contribution in [0.1, 0.15) is 11.1 Å². The van der Waals surface area contributed by atoms with Crippen LogP contribution in [0.3, 0.4) is 0 Å². The third-order valence-electron chi connectivity index (χ3n) is 4.55. The molecule has 0 spiro atoms. The van der Waals surface area contributed by atoms with Crippen molar-refractivity contribution in [2.45, 2.75) is 30.7 Å². The zero-order valence-corrected chi connectivity index (χ0v) is 15.2. The van der Waals surface area contributed by atoms with Crippen molar-refractivity contribution in [2.75, 3.05) is 6.61 Å². The average Bonchev–Trinajstić information content (AvgIpc) is 2.70. The Morgan fingerprint density at radius 1 is 0.862 bits per heavy atom. The molecule has 1 aliphatic rings. The summed E-state index contributed by atoms with van der Waals surface area (Å²) >= 11 is 0. The Labute approximate surface area is 165 Å². The summed E-state index contributed by atoms with van der Waals surface area (Å²) in [6.07, 6.45) is -4.24. The topological polar surface area (TPSA) is 160 Å². The summed E-state index contributed by atoms with van der Waals surface area (Å²) < 4.78 is 10.7. The second kappa shape index (κ2) is 8.68. The third kappa shape index (κ3) is 4.61. The molecular formula is C20H22O9. The first kappa shape index (κ1) is 20.9. The number of aliphatic hydroxyl groups excluding tert-OH is 4. The molecule has 1 fully saturated rings. The van der Waals surface area contributed by atoms with Gasteiger partial charge in [0, 0.05) is 11.6 Å². The molecule has 9 nitrogen and oxygen atoms in total. The normalized spacial score (nSPS) is 27.2. The highest BCUT2D eigenvalue weighted by Crippen LogP contribution is 2.36. The Morgan fingerprint density at radius 2 is 1.55 bits per heavy atom. The van der Waals surface area contributed by atoms with Gasteiger partial charge in [-0.1, -0.05) is 24.3 Å². The monoisotopic (exact) mass is 406 g/mol. The van der Waals surface area contributed by atoms with Crippen LogP contribution in [0.2, 0.25) is 0 Å². The van der Waals surface area contributed by atoms with Crippen molar-refractivity contribution in [2.24, 2.45) is 0 Å². The molecule has 0 saturated carbocycles. The van der Waals surface area contributed by atoms with Gasteiger partial charge in [-0.15, -0.1) is 0 Å². The van der Waals surface area contributed by atoms with Gasteiger partial charge >= 0.3 is 0 Å². The van der Waals surface area contributed by atoms with Crippen molar-refractivity contribution in [3.63, 3.8) is 0 Å². The Kier molecular flexibility index (Phi) is 6.26. The average molecular weight is 406 g/mol. The van der Waals surface area contributed by atoms with Gasteiger partial charge in [0.1, 0.15) is 35.9 Å². The maximum Gasteiger partial charge on any atom is 0.229 e. The molecule has 9 heteroatoms. The predicted octanol–water partition coefficient (Wildman–Crippen LogP) is 0.152. The molecule has 3 rings (SSSR count). The minimum absolute atomic E-state index is 0.116. The molecule has 1 saturated heterocycles. The lowest BCUT2D eigenvalue weighted by molar-refractivity contribution is -0.277. The van der Waals surface area contributed by atoms with E-state index in [1.807, 2.05) is 0 Å². The van der Waals surface area contributed by atoms with E-state index >= 15 is 0 Å². The van der Waals surface area contributed by atoms with Gasteiger partial charge in [-0.05, 0) is 23.8 Å². The zero-order chi connectivity index (χ0) is 21.1. The number of hydrogen-bond acceptors (Lipinski definition) is 9. The number of ether oxygens (including phenoxy) is 2. The van der Waals surface area contributed by atoms with Gasteiger partial charge in [-0.2, -0.15) is 0 Å². The summed E-state index contributed by atoms with van der Waals surface area (Å²) in [4.78, 5) is 0. The lowest BCUT2D eigenvalue weighted by atomic mass is 9.99. The van der Waals surface area contributed by atoms with E-state index in [0.29, 0.717) is 0 Å². The fourth-order valence-corrected chi connectivity index (χ4v) is 2.86. The Balaban J connectivity index is 1.82. The standard InChI is InChI=1S/C20H22O9/c21-9-16-17(25)18(26)19(27)20(29-16)28-15-7-11(13(23)8-14(15)24)4-1-10-2-5-12(22)6-3-10/h1-8,16-27H,9H2/b4-1+/t16-,17-,18+,19-,20-/m1/s1. The van der Waals surface area contributed by atoms with E-state index in [9.17, 15) is 35.7 Å². The Hall–Kier alpha value is -2.82. The first-order valence-electron chi connectivity index (χ1n) is 8.80. The molecule has 2 aromatic rings. The number of rotatable bonds is 5. The third-order valence-corrected chi connectivity index (χ3v) is 4.55. The molecule has 2 aromatic carbocycles. The number of phenols is 3. The molecule has 0 aliphatic carbocycles. The summed E-state index contributed by atoms with van der Waals surface area (Å²) in [6, 6.07) is 8.66.